The molecule has 1 saturated carbocycles. The van der Waals surface area contributed by atoms with Crippen LogP contribution < -0.4 is 10.2 Å². The molecule has 11 heteroatoms. The smallest absolute Gasteiger partial charge is 0.407 e. The molecular weight excluding hydrogens is 628 g/mol. The summed E-state index contributed by atoms with van der Waals surface area (Å²) in [6.07, 6.45) is 4.08. The van der Waals surface area contributed by atoms with Crippen molar-refractivity contribution >= 4 is 27.6 Å². The van der Waals surface area contributed by atoms with Gasteiger partial charge in [0, 0.05) is 43.2 Å². The number of alkyl carbamates (subject to hydrolysis) is 1. The zero-order valence-electron chi connectivity index (χ0n) is 27.1. The molecule has 1 unspecified atom stereocenters. The zero-order valence-corrected chi connectivity index (χ0v) is 27.9. The van der Waals surface area contributed by atoms with Crippen molar-refractivity contribution < 1.29 is 27.9 Å². The molecule has 3 aromatic rings. The van der Waals surface area contributed by atoms with Crippen molar-refractivity contribution in [1.29, 1.82) is 5.26 Å². The fraction of sp³-hybridized carbons (Fsp3) is 0.432. The molecule has 3 aliphatic rings. The van der Waals surface area contributed by atoms with Crippen LogP contribution in [0.2, 0.25) is 0 Å². The fourth-order valence-electron chi connectivity index (χ4n) is 8.17. The topological polar surface area (TPSA) is 140 Å². The average molecular weight is 671 g/mol. The van der Waals surface area contributed by atoms with Crippen LogP contribution in [0.4, 0.5) is 10.5 Å². The second-order valence-corrected chi connectivity index (χ2v) is 15.2. The largest absolute Gasteiger partial charge is 0.478 e. The fourth-order valence-corrected chi connectivity index (χ4v) is 9.44. The standard InChI is InChI=1S/C37H42N4O6S/c1-47-36(44)39-34-9-5-8-33(34)37(25-38,28-6-3-2-4-7-28)29-18-20-40(21-19-29)22-26-23-41(24-26)30-12-16-32(17-13-30)48(45,46)31-14-10-27(11-15-31)35(42)43/h2-4,6-7,10-17,26,29,33-34H,5,8-9,18-24H2,1H3,(H,39,44)(H,42,43)/t33-,34-,37?/m1/s1. The molecule has 3 fully saturated rings. The van der Waals surface area contributed by atoms with Gasteiger partial charge in [0.2, 0.25) is 9.84 Å². The molecule has 1 amide bonds. The van der Waals surface area contributed by atoms with Gasteiger partial charge >= 0.3 is 12.1 Å². The SMILES string of the molecule is COC(=O)N[C@@H]1CCC[C@H]1C(C#N)(c1ccccc1)C1CCN(CC2CN(c3ccc(S(=O)(=O)c4ccc(C(=O)O)cc4)cc3)C2)CC1. The second-order valence-electron chi connectivity index (χ2n) is 13.3. The van der Waals surface area contributed by atoms with Crippen molar-refractivity contribution in [2.24, 2.45) is 17.8 Å². The first-order valence-electron chi connectivity index (χ1n) is 16.6. The maximum absolute atomic E-state index is 13.1. The number of piperidine rings is 1. The molecule has 2 heterocycles. The Bertz CT molecular complexity index is 1750. The molecular formula is C37H42N4O6S. The quantitative estimate of drug-likeness (QED) is 0.292. The number of carbonyl (C=O) groups is 2. The highest BCUT2D eigenvalue weighted by Crippen LogP contribution is 2.50. The number of carboxylic acid groups (broad SMARTS) is 1. The monoisotopic (exact) mass is 670 g/mol. The number of ether oxygens (including phenoxy) is 1. The van der Waals surface area contributed by atoms with Crippen LogP contribution >= 0.6 is 0 Å². The number of likely N-dealkylation sites (tertiary alicyclic amines) is 1. The third kappa shape index (κ3) is 6.51. The van der Waals surface area contributed by atoms with E-state index in [0.717, 1.165) is 76.1 Å². The lowest BCUT2D eigenvalue weighted by molar-refractivity contribution is 0.0696. The lowest BCUT2D eigenvalue weighted by Gasteiger charge is -2.48. The lowest BCUT2D eigenvalue weighted by Crippen LogP contribution is -2.55. The third-order valence-electron chi connectivity index (χ3n) is 10.7. The number of nitriles is 1. The first-order chi connectivity index (χ1) is 23.1. The van der Waals surface area contributed by atoms with Crippen molar-refractivity contribution in [3.05, 3.63) is 90.0 Å². The van der Waals surface area contributed by atoms with Crippen LogP contribution in [0.25, 0.3) is 0 Å². The Morgan fingerprint density at radius 3 is 2.15 bits per heavy atom. The van der Waals surface area contributed by atoms with Crippen molar-refractivity contribution in [2.45, 2.75) is 53.4 Å². The number of hydrogen-bond donors (Lipinski definition) is 2. The number of amides is 1. The predicted molar refractivity (Wildman–Crippen MR) is 181 cm³/mol. The van der Waals surface area contributed by atoms with Crippen LogP contribution in [0.1, 0.15) is 48.0 Å². The number of methoxy groups -OCH3 is 1. The number of nitrogens with zero attached hydrogens (tertiary/aromatic N) is 3. The Hall–Kier alpha value is -4.40. The zero-order chi connectivity index (χ0) is 33.9. The van der Waals surface area contributed by atoms with E-state index in [4.69, 9.17) is 9.84 Å². The van der Waals surface area contributed by atoms with Gasteiger partial charge in [0.05, 0.1) is 33.9 Å². The maximum Gasteiger partial charge on any atom is 0.407 e. The molecule has 10 nitrogen and oxygen atoms in total. The summed E-state index contributed by atoms with van der Waals surface area (Å²) >= 11 is 0. The van der Waals surface area contributed by atoms with E-state index >= 15 is 0 Å². The van der Waals surface area contributed by atoms with Crippen molar-refractivity contribution in [3.63, 3.8) is 0 Å². The minimum absolute atomic E-state index is 0.0135. The summed E-state index contributed by atoms with van der Waals surface area (Å²) in [6.45, 7) is 4.58. The molecule has 2 aliphatic heterocycles. The molecule has 252 valence electrons. The van der Waals surface area contributed by atoms with Gasteiger partial charge < -0.3 is 25.0 Å². The molecule has 0 radical (unpaired) electrons. The van der Waals surface area contributed by atoms with Crippen LogP contribution in [0.15, 0.2) is 88.7 Å². The van der Waals surface area contributed by atoms with E-state index < -0.39 is 27.3 Å². The lowest BCUT2D eigenvalue weighted by atomic mass is 9.59. The van der Waals surface area contributed by atoms with E-state index in [9.17, 15) is 23.3 Å². The van der Waals surface area contributed by atoms with E-state index in [1.807, 2.05) is 30.3 Å². The van der Waals surface area contributed by atoms with E-state index in [1.165, 1.54) is 31.4 Å². The number of hydrogen-bond acceptors (Lipinski definition) is 8. The van der Waals surface area contributed by atoms with Gasteiger partial charge in [-0.1, -0.05) is 36.8 Å². The first kappa shape index (κ1) is 33.5. The van der Waals surface area contributed by atoms with Crippen molar-refractivity contribution in [2.75, 3.05) is 44.7 Å². The van der Waals surface area contributed by atoms with Gasteiger partial charge in [-0.3, -0.25) is 0 Å². The van der Waals surface area contributed by atoms with Gasteiger partial charge in [0.15, 0.2) is 0 Å². The van der Waals surface area contributed by atoms with Gasteiger partial charge in [0.25, 0.3) is 0 Å². The predicted octanol–water partition coefficient (Wildman–Crippen LogP) is 5.35. The summed E-state index contributed by atoms with van der Waals surface area (Å²) in [4.78, 5) is 28.3. The number of anilines is 1. The van der Waals surface area contributed by atoms with Gasteiger partial charge in [-0.25, -0.2) is 18.0 Å². The Kier molecular flexibility index (Phi) is 9.76. The highest BCUT2D eigenvalue weighted by molar-refractivity contribution is 7.91. The number of rotatable bonds is 10. The van der Waals surface area contributed by atoms with Gasteiger partial charge in [-0.15, -0.1) is 0 Å². The normalized spacial score (nSPS) is 21.9. The van der Waals surface area contributed by atoms with Crippen LogP contribution in [0, 0.1) is 29.1 Å². The van der Waals surface area contributed by atoms with E-state index in [1.54, 1.807) is 12.1 Å². The van der Waals surface area contributed by atoms with Crippen LogP contribution in [-0.2, 0) is 20.0 Å². The summed E-state index contributed by atoms with van der Waals surface area (Å²) in [5.74, 6) is -0.418. The van der Waals surface area contributed by atoms with Crippen molar-refractivity contribution in [1.82, 2.24) is 10.2 Å². The Morgan fingerprint density at radius 2 is 1.56 bits per heavy atom. The number of carboxylic acids is 1. The molecule has 0 aromatic heterocycles. The molecule has 3 atom stereocenters. The van der Waals surface area contributed by atoms with Gasteiger partial charge in [-0.05, 0) is 98.8 Å². The van der Waals surface area contributed by atoms with Crippen LogP contribution in [-0.4, -0.2) is 76.4 Å². The maximum atomic E-state index is 13.1. The molecule has 2 saturated heterocycles. The molecule has 48 heavy (non-hydrogen) atoms. The molecule has 0 bridgehead atoms. The second kappa shape index (κ2) is 14.0. The molecule has 6 rings (SSSR count). The highest BCUT2D eigenvalue weighted by Gasteiger charge is 2.52. The number of sulfone groups is 1. The van der Waals surface area contributed by atoms with E-state index in [-0.39, 0.29) is 33.2 Å². The highest BCUT2D eigenvalue weighted by atomic mass is 32.2. The summed E-state index contributed by atoms with van der Waals surface area (Å²) < 4.78 is 31.1. The van der Waals surface area contributed by atoms with Crippen LogP contribution in [0.5, 0.6) is 0 Å². The van der Waals surface area contributed by atoms with Crippen molar-refractivity contribution in [3.8, 4) is 6.07 Å². The van der Waals surface area contributed by atoms with E-state index in [0.29, 0.717) is 5.92 Å². The summed E-state index contributed by atoms with van der Waals surface area (Å²) in [7, 11) is -2.38. The molecule has 2 N–H and O–H groups in total. The number of aromatic carboxylic acids is 1. The minimum Gasteiger partial charge on any atom is -0.478 e. The van der Waals surface area contributed by atoms with Gasteiger partial charge in [-0.2, -0.15) is 5.26 Å². The molecule has 1 aliphatic carbocycles. The summed E-state index contributed by atoms with van der Waals surface area (Å²) in [6, 6.07) is 25.0. The third-order valence-corrected chi connectivity index (χ3v) is 12.4. The molecule has 0 spiro atoms. The first-order valence-corrected chi connectivity index (χ1v) is 18.1. The number of nitrogens with one attached hydrogen (secondary N) is 1. The molecule has 3 aromatic carbocycles. The Labute approximate surface area is 282 Å². The summed E-state index contributed by atoms with van der Waals surface area (Å²) in [5, 5.41) is 23.1. The van der Waals surface area contributed by atoms with Gasteiger partial charge in [0.1, 0.15) is 0 Å². The minimum atomic E-state index is -3.76. The van der Waals surface area contributed by atoms with E-state index in [2.05, 4.69) is 33.3 Å². The Balaban J connectivity index is 1.05. The average Bonchev–Trinajstić information content (AvgIpc) is 3.56. The Morgan fingerprint density at radius 1 is 0.938 bits per heavy atom. The van der Waals surface area contributed by atoms with Crippen LogP contribution in [0.3, 0.4) is 0 Å². The number of carbonyl (C=O) groups excluding carboxylic acids is 1. The summed E-state index contributed by atoms with van der Waals surface area (Å²) in [5.41, 5.74) is 1.36. The number of benzene rings is 3.